The van der Waals surface area contributed by atoms with Crippen LogP contribution in [0.5, 0.6) is 0 Å². The first-order valence-corrected chi connectivity index (χ1v) is 9.77. The van der Waals surface area contributed by atoms with Gasteiger partial charge in [-0.15, -0.1) is 11.3 Å². The van der Waals surface area contributed by atoms with Crippen molar-refractivity contribution >= 4 is 27.3 Å². The van der Waals surface area contributed by atoms with Crippen molar-refractivity contribution in [1.82, 2.24) is 0 Å². The molecule has 2 N–H and O–H groups in total. The second-order valence-electron chi connectivity index (χ2n) is 5.42. The third-order valence-electron chi connectivity index (χ3n) is 3.73. The molecule has 0 unspecified atom stereocenters. The van der Waals surface area contributed by atoms with Crippen LogP contribution >= 0.6 is 11.3 Å². The Balaban J connectivity index is 2.10. The van der Waals surface area contributed by atoms with E-state index >= 15 is 0 Å². The second-order valence-corrected chi connectivity index (χ2v) is 8.03. The number of halogens is 1. The van der Waals surface area contributed by atoms with Crippen LogP contribution in [0.25, 0.3) is 21.6 Å². The maximum Gasteiger partial charge on any atom is 0.348 e. The van der Waals surface area contributed by atoms with Gasteiger partial charge in [-0.25, -0.2) is 22.7 Å². The molecule has 0 saturated heterocycles. The predicted octanol–water partition coefficient (Wildman–Crippen LogP) is 3.66. The first-order chi connectivity index (χ1) is 12.3. The average molecular weight is 391 g/mol. The van der Waals surface area contributed by atoms with E-state index in [1.54, 1.807) is 30.3 Å². The maximum atomic E-state index is 13.1. The van der Waals surface area contributed by atoms with Crippen molar-refractivity contribution in [2.75, 3.05) is 7.11 Å². The first kappa shape index (κ1) is 18.2. The topological polar surface area (TPSA) is 86.5 Å². The number of methoxy groups -OCH3 is 1. The molecule has 0 atom stereocenters. The van der Waals surface area contributed by atoms with E-state index in [1.165, 1.54) is 42.7 Å². The molecular weight excluding hydrogens is 377 g/mol. The van der Waals surface area contributed by atoms with E-state index in [0.29, 0.717) is 16.0 Å². The van der Waals surface area contributed by atoms with Crippen LogP contribution in [0.2, 0.25) is 0 Å². The van der Waals surface area contributed by atoms with Gasteiger partial charge in [0.2, 0.25) is 10.0 Å². The summed E-state index contributed by atoms with van der Waals surface area (Å²) in [6, 6.07) is 13.6. The van der Waals surface area contributed by atoms with Crippen LogP contribution < -0.4 is 5.14 Å². The van der Waals surface area contributed by atoms with Crippen molar-refractivity contribution in [3.05, 3.63) is 65.3 Å². The lowest BCUT2D eigenvalue weighted by Gasteiger charge is -2.04. The van der Waals surface area contributed by atoms with E-state index in [4.69, 9.17) is 9.88 Å². The molecule has 8 heteroatoms. The molecule has 1 heterocycles. The molecule has 134 valence electrons. The second kappa shape index (κ2) is 6.99. The normalized spacial score (nSPS) is 11.3. The van der Waals surface area contributed by atoms with E-state index in [2.05, 4.69) is 0 Å². The minimum Gasteiger partial charge on any atom is -0.465 e. The van der Waals surface area contributed by atoms with Crippen molar-refractivity contribution in [2.45, 2.75) is 4.90 Å². The van der Waals surface area contributed by atoms with E-state index in [1.807, 2.05) is 0 Å². The van der Waals surface area contributed by atoms with Crippen LogP contribution in [0.15, 0.2) is 59.5 Å². The van der Waals surface area contributed by atoms with Gasteiger partial charge in [0.25, 0.3) is 0 Å². The van der Waals surface area contributed by atoms with E-state index in [-0.39, 0.29) is 10.7 Å². The Kier molecular flexibility index (Phi) is 4.90. The predicted molar refractivity (Wildman–Crippen MR) is 97.9 cm³/mol. The van der Waals surface area contributed by atoms with Crippen LogP contribution in [-0.2, 0) is 14.8 Å². The molecule has 0 saturated carbocycles. The molecule has 26 heavy (non-hydrogen) atoms. The summed E-state index contributed by atoms with van der Waals surface area (Å²) in [7, 11) is -2.51. The molecule has 0 bridgehead atoms. The Morgan fingerprint density at radius 2 is 1.62 bits per heavy atom. The molecule has 0 aliphatic carbocycles. The highest BCUT2D eigenvalue weighted by molar-refractivity contribution is 7.89. The Morgan fingerprint density at radius 3 is 2.15 bits per heavy atom. The van der Waals surface area contributed by atoms with Gasteiger partial charge in [0, 0.05) is 10.4 Å². The highest BCUT2D eigenvalue weighted by atomic mass is 32.2. The van der Waals surface area contributed by atoms with Crippen LogP contribution in [0.3, 0.4) is 0 Å². The summed E-state index contributed by atoms with van der Waals surface area (Å²) in [5.74, 6) is -0.855. The summed E-state index contributed by atoms with van der Waals surface area (Å²) in [6.07, 6.45) is 0. The molecule has 0 aliphatic heterocycles. The average Bonchev–Trinajstić information content (AvgIpc) is 3.06. The number of hydrogen-bond donors (Lipinski definition) is 1. The summed E-state index contributed by atoms with van der Waals surface area (Å²) in [5.41, 5.74) is 2.00. The monoisotopic (exact) mass is 391 g/mol. The highest BCUT2D eigenvalue weighted by Gasteiger charge is 2.19. The molecule has 0 fully saturated rings. The van der Waals surface area contributed by atoms with Crippen LogP contribution in [0, 0.1) is 5.82 Å². The zero-order chi connectivity index (χ0) is 18.9. The molecular formula is C18H14FNO4S2. The standard InChI is InChI=1S/C18H14FNO4S2/c1-24-18(21)17-15(11-4-8-14(9-5-11)26(20,22)23)10-16(25-17)12-2-6-13(19)7-3-12/h2-10H,1H3,(H2,20,22,23). The number of sulfonamides is 1. The fraction of sp³-hybridized carbons (Fsp3) is 0.0556. The number of rotatable bonds is 4. The summed E-state index contributed by atoms with van der Waals surface area (Å²) < 4.78 is 40.8. The Bertz CT molecular complexity index is 1060. The number of esters is 1. The number of primary sulfonamides is 1. The summed E-state index contributed by atoms with van der Waals surface area (Å²) in [4.78, 5) is 13.3. The Morgan fingerprint density at radius 1 is 1.04 bits per heavy atom. The van der Waals surface area contributed by atoms with Crippen molar-refractivity contribution in [2.24, 2.45) is 5.14 Å². The van der Waals surface area contributed by atoms with Crippen LogP contribution in [0.4, 0.5) is 4.39 Å². The number of hydrogen-bond acceptors (Lipinski definition) is 5. The quantitative estimate of drug-likeness (QED) is 0.688. The zero-order valence-corrected chi connectivity index (χ0v) is 15.2. The fourth-order valence-corrected chi connectivity index (χ4v) is 4.05. The van der Waals surface area contributed by atoms with Crippen molar-refractivity contribution in [1.29, 1.82) is 0 Å². The lowest BCUT2D eigenvalue weighted by atomic mass is 10.0. The number of ether oxygens (including phenoxy) is 1. The van der Waals surface area contributed by atoms with Crippen molar-refractivity contribution < 1.29 is 22.3 Å². The van der Waals surface area contributed by atoms with Gasteiger partial charge in [0.15, 0.2) is 0 Å². The number of carbonyl (C=O) groups is 1. The lowest BCUT2D eigenvalue weighted by molar-refractivity contribution is 0.0607. The molecule has 0 amide bonds. The van der Waals surface area contributed by atoms with Crippen molar-refractivity contribution in [3.8, 4) is 21.6 Å². The van der Waals surface area contributed by atoms with E-state index in [0.717, 1.165) is 10.4 Å². The highest BCUT2D eigenvalue weighted by Crippen LogP contribution is 2.38. The Labute approximate surface area is 153 Å². The number of benzene rings is 2. The van der Waals surface area contributed by atoms with Gasteiger partial charge in [0.1, 0.15) is 10.7 Å². The SMILES string of the molecule is COC(=O)c1sc(-c2ccc(F)cc2)cc1-c1ccc(S(N)(=O)=O)cc1. The lowest BCUT2D eigenvalue weighted by Crippen LogP contribution is -2.11. The van der Waals surface area contributed by atoms with Gasteiger partial charge >= 0.3 is 5.97 Å². The zero-order valence-electron chi connectivity index (χ0n) is 13.6. The van der Waals surface area contributed by atoms with Gasteiger partial charge in [-0.3, -0.25) is 0 Å². The summed E-state index contributed by atoms with van der Waals surface area (Å²) >= 11 is 1.22. The van der Waals surface area contributed by atoms with Gasteiger partial charge in [0.05, 0.1) is 12.0 Å². The molecule has 0 aliphatic rings. The molecule has 0 spiro atoms. The molecule has 3 rings (SSSR count). The molecule has 3 aromatic rings. The smallest absolute Gasteiger partial charge is 0.348 e. The molecule has 1 aromatic heterocycles. The largest absolute Gasteiger partial charge is 0.465 e. The maximum absolute atomic E-state index is 13.1. The minimum atomic E-state index is -3.80. The van der Waals surface area contributed by atoms with E-state index < -0.39 is 16.0 Å². The van der Waals surface area contributed by atoms with Gasteiger partial charge in [-0.1, -0.05) is 24.3 Å². The summed E-state index contributed by atoms with van der Waals surface area (Å²) in [6.45, 7) is 0. The summed E-state index contributed by atoms with van der Waals surface area (Å²) in [5, 5.41) is 5.11. The third kappa shape index (κ3) is 3.67. The number of nitrogens with two attached hydrogens (primary N) is 1. The molecule has 0 radical (unpaired) electrons. The van der Waals surface area contributed by atoms with Crippen LogP contribution in [0.1, 0.15) is 9.67 Å². The third-order valence-corrected chi connectivity index (χ3v) is 5.82. The molecule has 5 nitrogen and oxygen atoms in total. The number of thiophene rings is 1. The van der Waals surface area contributed by atoms with E-state index in [9.17, 15) is 17.6 Å². The molecule has 2 aromatic carbocycles. The first-order valence-electron chi connectivity index (χ1n) is 7.41. The Hall–Kier alpha value is -2.55. The van der Waals surface area contributed by atoms with Crippen LogP contribution in [-0.4, -0.2) is 21.5 Å². The fourth-order valence-electron chi connectivity index (χ4n) is 2.43. The van der Waals surface area contributed by atoms with Gasteiger partial charge in [-0.05, 0) is 41.5 Å². The minimum absolute atomic E-state index is 0.0187. The number of carbonyl (C=O) groups excluding carboxylic acids is 1. The van der Waals surface area contributed by atoms with Crippen molar-refractivity contribution in [3.63, 3.8) is 0 Å². The van der Waals surface area contributed by atoms with Gasteiger partial charge in [-0.2, -0.15) is 0 Å². The van der Waals surface area contributed by atoms with Gasteiger partial charge < -0.3 is 4.74 Å².